The van der Waals surface area contributed by atoms with Crippen LogP contribution < -0.4 is 21.1 Å². The van der Waals surface area contributed by atoms with Crippen LogP contribution in [0.25, 0.3) is 22.4 Å². The maximum absolute atomic E-state index is 13.1. The molecule has 3 amide bonds. The summed E-state index contributed by atoms with van der Waals surface area (Å²) in [5, 5.41) is 16.2. The highest BCUT2D eigenvalue weighted by atomic mass is 35.5. The molecule has 0 unspecified atom stereocenters. The van der Waals surface area contributed by atoms with Crippen molar-refractivity contribution in [1.82, 2.24) is 4.98 Å². The van der Waals surface area contributed by atoms with Crippen LogP contribution in [0, 0.1) is 11.3 Å². The van der Waals surface area contributed by atoms with E-state index in [0.717, 1.165) is 0 Å². The fourth-order valence-corrected chi connectivity index (χ4v) is 4.23. The van der Waals surface area contributed by atoms with Crippen molar-refractivity contribution in [3.8, 4) is 34.2 Å². The summed E-state index contributed by atoms with van der Waals surface area (Å²) < 4.78 is 15.4. The number of rotatable bonds is 11. The molecule has 1 heterocycles. The summed E-state index contributed by atoms with van der Waals surface area (Å²) >= 11 is 6.23. The Morgan fingerprint density at radius 3 is 2.49 bits per heavy atom. The molecule has 3 aromatic carbocycles. The highest BCUT2D eigenvalue weighted by molar-refractivity contribution is 6.30. The van der Waals surface area contributed by atoms with Crippen molar-refractivity contribution in [2.24, 2.45) is 5.73 Å². The number of ether oxygens (including phenoxy) is 3. The van der Waals surface area contributed by atoms with E-state index in [1.165, 1.54) is 7.11 Å². The quantitative estimate of drug-likeness (QED) is 0.187. The summed E-state index contributed by atoms with van der Waals surface area (Å²) in [5.74, 6) is -0.475. The molecular formula is C31H26ClN5O6. The van der Waals surface area contributed by atoms with Crippen molar-refractivity contribution < 1.29 is 28.6 Å². The number of aromatic nitrogens is 1. The third-order valence-corrected chi connectivity index (χ3v) is 6.22. The number of primary amides is 1. The van der Waals surface area contributed by atoms with Gasteiger partial charge in [-0.05, 0) is 54.1 Å². The van der Waals surface area contributed by atoms with Gasteiger partial charge in [-0.15, -0.1) is 0 Å². The smallest absolute Gasteiger partial charge is 0.404 e. The van der Waals surface area contributed by atoms with Crippen LogP contribution in [-0.2, 0) is 14.3 Å². The van der Waals surface area contributed by atoms with E-state index in [4.69, 9.17) is 26.8 Å². The highest BCUT2D eigenvalue weighted by Crippen LogP contribution is 2.38. The van der Waals surface area contributed by atoms with E-state index in [1.54, 1.807) is 78.9 Å². The summed E-state index contributed by atoms with van der Waals surface area (Å²) in [7, 11) is 1.48. The molecule has 0 saturated heterocycles. The zero-order valence-corrected chi connectivity index (χ0v) is 23.7. The Kier molecular flexibility index (Phi) is 10.3. The number of amides is 3. The second-order valence-electron chi connectivity index (χ2n) is 8.95. The average Bonchev–Trinajstić information content (AvgIpc) is 3.00. The highest BCUT2D eigenvalue weighted by Gasteiger charge is 2.20. The van der Waals surface area contributed by atoms with E-state index in [2.05, 4.69) is 26.4 Å². The molecule has 43 heavy (non-hydrogen) atoms. The number of pyridine rings is 1. The molecule has 1 aromatic heterocycles. The Labute approximate surface area is 252 Å². The summed E-state index contributed by atoms with van der Waals surface area (Å²) in [5.41, 5.74) is 7.72. The number of benzene rings is 3. The normalized spacial score (nSPS) is 10.3. The number of halogens is 1. The van der Waals surface area contributed by atoms with Gasteiger partial charge in [-0.1, -0.05) is 41.9 Å². The molecule has 0 bridgehead atoms. The monoisotopic (exact) mass is 599 g/mol. The second kappa shape index (κ2) is 14.5. The molecule has 0 fully saturated rings. The van der Waals surface area contributed by atoms with E-state index in [9.17, 15) is 19.6 Å². The number of nitrogens with zero attached hydrogens (tertiary/aromatic N) is 2. The first kappa shape index (κ1) is 30.5. The van der Waals surface area contributed by atoms with Gasteiger partial charge in [-0.25, -0.2) is 9.78 Å². The van der Waals surface area contributed by atoms with Crippen LogP contribution in [0.2, 0.25) is 5.02 Å². The Morgan fingerprint density at radius 1 is 0.977 bits per heavy atom. The van der Waals surface area contributed by atoms with Gasteiger partial charge >= 0.3 is 6.09 Å². The molecule has 11 nitrogen and oxygen atoms in total. The summed E-state index contributed by atoms with van der Waals surface area (Å²) in [4.78, 5) is 40.9. The molecule has 0 radical (unpaired) electrons. The van der Waals surface area contributed by atoms with Crippen LogP contribution >= 0.6 is 11.6 Å². The molecule has 4 N–H and O–H groups in total. The fourth-order valence-electron chi connectivity index (χ4n) is 4.07. The molecular weight excluding hydrogens is 574 g/mol. The summed E-state index contributed by atoms with van der Waals surface area (Å²) in [6, 6.07) is 24.1. The number of anilines is 2. The molecule has 0 saturated carbocycles. The predicted molar refractivity (Wildman–Crippen MR) is 161 cm³/mol. The zero-order chi connectivity index (χ0) is 30.8. The van der Waals surface area contributed by atoms with E-state index < -0.39 is 17.9 Å². The van der Waals surface area contributed by atoms with Gasteiger partial charge in [0.25, 0.3) is 5.91 Å². The van der Waals surface area contributed by atoms with Crippen LogP contribution in [0.3, 0.4) is 0 Å². The lowest BCUT2D eigenvalue weighted by Crippen LogP contribution is -2.18. The molecule has 0 aliphatic heterocycles. The average molecular weight is 600 g/mol. The van der Waals surface area contributed by atoms with E-state index >= 15 is 0 Å². The second-order valence-corrected chi connectivity index (χ2v) is 9.38. The first-order chi connectivity index (χ1) is 20.8. The Morgan fingerprint density at radius 2 is 1.77 bits per heavy atom. The van der Waals surface area contributed by atoms with Gasteiger partial charge in [0.05, 0.1) is 12.1 Å². The Bertz CT molecular complexity index is 1690. The number of nitrogens with two attached hydrogens (primary N) is 1. The first-order valence-electron chi connectivity index (χ1n) is 12.8. The minimum Gasteiger partial charge on any atom is -0.467 e. The SMILES string of the molecule is COCOc1cc(Cl)ccc1-c1cc(-c2cccc(NC(=O)CCOC(N)=O)c2)c(C#N)c(NC(=O)c2ccccc2)n1. The Hall–Kier alpha value is -5.44. The van der Waals surface area contributed by atoms with E-state index in [0.29, 0.717) is 44.4 Å². The van der Waals surface area contributed by atoms with Crippen molar-refractivity contribution in [2.45, 2.75) is 6.42 Å². The van der Waals surface area contributed by atoms with Crippen molar-refractivity contribution in [1.29, 1.82) is 5.26 Å². The number of nitrogens with one attached hydrogen (secondary N) is 2. The molecule has 0 atom stereocenters. The summed E-state index contributed by atoms with van der Waals surface area (Å²) in [6.07, 6.45) is -1.08. The number of methoxy groups -OCH3 is 1. The molecule has 0 spiro atoms. The minimum atomic E-state index is -0.973. The molecule has 12 heteroatoms. The number of carbonyl (C=O) groups is 3. The van der Waals surface area contributed by atoms with Gasteiger partial charge in [0.2, 0.25) is 5.91 Å². The van der Waals surface area contributed by atoms with Gasteiger partial charge < -0.3 is 30.6 Å². The molecule has 4 aromatic rings. The third-order valence-electron chi connectivity index (χ3n) is 5.98. The van der Waals surface area contributed by atoms with Gasteiger partial charge in [0.1, 0.15) is 24.0 Å². The number of nitriles is 1. The topological polar surface area (TPSA) is 166 Å². The van der Waals surface area contributed by atoms with Crippen molar-refractivity contribution >= 4 is 41.0 Å². The van der Waals surface area contributed by atoms with Crippen molar-refractivity contribution in [3.63, 3.8) is 0 Å². The van der Waals surface area contributed by atoms with E-state index in [1.807, 2.05) is 0 Å². The van der Waals surface area contributed by atoms with Crippen LogP contribution in [0.15, 0.2) is 78.9 Å². The lowest BCUT2D eigenvalue weighted by Gasteiger charge is -2.16. The maximum atomic E-state index is 13.1. The number of hydrogen-bond donors (Lipinski definition) is 3. The Balaban J connectivity index is 1.80. The first-order valence-corrected chi connectivity index (χ1v) is 13.2. The fraction of sp³-hybridized carbons (Fsp3) is 0.129. The van der Waals surface area contributed by atoms with Crippen LogP contribution in [-0.4, -0.2) is 43.4 Å². The molecule has 0 aliphatic rings. The minimum absolute atomic E-state index is 0.0227. The standard InChI is InChI=1S/C31H26ClN5O6/c1-41-18-43-27-15-21(32)10-11-23(27)26-16-24(20-8-5-9-22(14-20)35-28(38)12-13-42-31(34)40)25(17-33)29(36-26)37-30(39)19-6-3-2-4-7-19/h2-11,14-16H,12-13,18H2,1H3,(H2,34,40)(H,35,38)(H,36,37,39). The maximum Gasteiger partial charge on any atom is 0.404 e. The van der Waals surface area contributed by atoms with Gasteiger partial charge in [-0.2, -0.15) is 5.26 Å². The number of hydrogen-bond acceptors (Lipinski definition) is 8. The van der Waals surface area contributed by atoms with E-state index in [-0.39, 0.29) is 31.2 Å². The van der Waals surface area contributed by atoms with Crippen LogP contribution in [0.4, 0.5) is 16.3 Å². The molecule has 0 aliphatic carbocycles. The van der Waals surface area contributed by atoms with Gasteiger partial charge in [-0.3, -0.25) is 9.59 Å². The third kappa shape index (κ3) is 8.07. The van der Waals surface area contributed by atoms with Gasteiger partial charge in [0.15, 0.2) is 12.6 Å². The lowest BCUT2D eigenvalue weighted by molar-refractivity contribution is -0.116. The van der Waals surface area contributed by atoms with Gasteiger partial charge in [0, 0.05) is 34.5 Å². The number of carbonyl (C=O) groups excluding carboxylic acids is 3. The largest absolute Gasteiger partial charge is 0.467 e. The zero-order valence-electron chi connectivity index (χ0n) is 22.9. The summed E-state index contributed by atoms with van der Waals surface area (Å²) in [6.45, 7) is -0.230. The van der Waals surface area contributed by atoms with Crippen molar-refractivity contribution in [3.05, 3.63) is 95.0 Å². The van der Waals surface area contributed by atoms with Crippen LogP contribution in [0.5, 0.6) is 5.75 Å². The molecule has 4 rings (SSSR count). The predicted octanol–water partition coefficient (Wildman–Crippen LogP) is 5.60. The molecule has 218 valence electrons. The van der Waals surface area contributed by atoms with Crippen molar-refractivity contribution in [2.75, 3.05) is 31.1 Å². The lowest BCUT2D eigenvalue weighted by atomic mass is 9.97. The van der Waals surface area contributed by atoms with Crippen LogP contribution in [0.1, 0.15) is 22.3 Å².